The molecule has 2 aromatic rings. The predicted molar refractivity (Wildman–Crippen MR) is 93.5 cm³/mol. The number of hydrogen-bond donors (Lipinski definition) is 0. The molecule has 0 spiro atoms. The molecular weight excluding hydrogens is 432 g/mol. The number of rotatable bonds is 3. The van der Waals surface area contributed by atoms with Crippen LogP contribution in [0.4, 0.5) is 17.6 Å². The molecule has 5 nitrogen and oxygen atoms in total. The molecule has 10 heteroatoms. The number of aryl methyl sites for hydroxylation is 1. The molecule has 0 N–H and O–H groups in total. The Morgan fingerprint density at radius 1 is 1.22 bits per heavy atom. The topological polar surface area (TPSA) is 41.4 Å². The quantitative estimate of drug-likeness (QED) is 0.676. The lowest BCUT2D eigenvalue weighted by Gasteiger charge is -2.34. The Labute approximate surface area is 161 Å². The van der Waals surface area contributed by atoms with Crippen LogP contribution in [0.2, 0.25) is 0 Å². The van der Waals surface area contributed by atoms with Crippen molar-refractivity contribution < 1.29 is 22.4 Å². The van der Waals surface area contributed by atoms with Crippen LogP contribution in [0.3, 0.4) is 0 Å². The van der Waals surface area contributed by atoms with Gasteiger partial charge >= 0.3 is 6.18 Å². The SMILES string of the molecule is Cn1nc(C(F)(F)F)c(Br)c1C(=O)N1CCN(Cc2cccc(F)c2)CC1. The molecule has 1 amide bonds. The fraction of sp³-hybridized carbons (Fsp3) is 0.412. The molecule has 0 aliphatic carbocycles. The van der Waals surface area contributed by atoms with Crippen LogP contribution in [0.5, 0.6) is 0 Å². The molecule has 1 fully saturated rings. The summed E-state index contributed by atoms with van der Waals surface area (Å²) in [5.74, 6) is -0.805. The van der Waals surface area contributed by atoms with Crippen LogP contribution in [-0.2, 0) is 19.8 Å². The maximum Gasteiger partial charge on any atom is 0.436 e. The van der Waals surface area contributed by atoms with Gasteiger partial charge in [0.15, 0.2) is 5.69 Å². The minimum Gasteiger partial charge on any atom is -0.335 e. The summed E-state index contributed by atoms with van der Waals surface area (Å²) < 4.78 is 52.8. The molecule has 1 aromatic carbocycles. The summed E-state index contributed by atoms with van der Waals surface area (Å²) in [4.78, 5) is 16.3. The third kappa shape index (κ3) is 4.32. The fourth-order valence-electron chi connectivity index (χ4n) is 3.06. The number of halogens is 5. The van der Waals surface area contributed by atoms with Gasteiger partial charge in [-0.3, -0.25) is 14.4 Å². The summed E-state index contributed by atoms with van der Waals surface area (Å²) in [5, 5.41) is 3.43. The number of carbonyl (C=O) groups is 1. The largest absolute Gasteiger partial charge is 0.436 e. The molecular formula is C17H17BrF4N4O. The van der Waals surface area contributed by atoms with Crippen molar-refractivity contribution in [3.8, 4) is 0 Å². The van der Waals surface area contributed by atoms with E-state index in [0.717, 1.165) is 10.2 Å². The van der Waals surface area contributed by atoms with E-state index in [2.05, 4.69) is 25.9 Å². The van der Waals surface area contributed by atoms with Crippen LogP contribution in [-0.4, -0.2) is 51.7 Å². The zero-order valence-electron chi connectivity index (χ0n) is 14.4. The van der Waals surface area contributed by atoms with Crippen molar-refractivity contribution in [2.24, 2.45) is 7.05 Å². The zero-order valence-corrected chi connectivity index (χ0v) is 16.0. The van der Waals surface area contributed by atoms with Gasteiger partial charge in [-0.25, -0.2) is 4.39 Å². The average molecular weight is 449 g/mol. The number of amides is 1. The number of carbonyl (C=O) groups excluding carboxylic acids is 1. The van der Waals surface area contributed by atoms with Gasteiger partial charge in [-0.1, -0.05) is 12.1 Å². The minimum absolute atomic E-state index is 0.124. The van der Waals surface area contributed by atoms with E-state index in [9.17, 15) is 22.4 Å². The van der Waals surface area contributed by atoms with Crippen molar-refractivity contribution in [2.75, 3.05) is 26.2 Å². The Morgan fingerprint density at radius 3 is 2.44 bits per heavy atom. The van der Waals surface area contributed by atoms with E-state index in [1.165, 1.54) is 24.1 Å². The summed E-state index contributed by atoms with van der Waals surface area (Å²) in [7, 11) is 1.31. The van der Waals surface area contributed by atoms with E-state index in [1.807, 2.05) is 6.07 Å². The number of nitrogens with zero attached hydrogens (tertiary/aromatic N) is 4. The lowest BCUT2D eigenvalue weighted by molar-refractivity contribution is -0.142. The van der Waals surface area contributed by atoms with Crippen LogP contribution >= 0.6 is 15.9 Å². The monoisotopic (exact) mass is 448 g/mol. The summed E-state index contributed by atoms with van der Waals surface area (Å²) in [5.41, 5.74) is -0.405. The van der Waals surface area contributed by atoms with Crippen LogP contribution in [0, 0.1) is 5.82 Å². The molecule has 0 unspecified atom stereocenters. The lowest BCUT2D eigenvalue weighted by Crippen LogP contribution is -2.48. The normalized spacial score (nSPS) is 16.0. The van der Waals surface area contributed by atoms with Crippen molar-refractivity contribution >= 4 is 21.8 Å². The Balaban J connectivity index is 1.66. The lowest BCUT2D eigenvalue weighted by atomic mass is 10.2. The van der Waals surface area contributed by atoms with Gasteiger partial charge in [-0.15, -0.1) is 0 Å². The minimum atomic E-state index is -4.64. The summed E-state index contributed by atoms with van der Waals surface area (Å²) in [6.45, 7) is 2.38. The highest BCUT2D eigenvalue weighted by Gasteiger charge is 2.40. The number of piperazine rings is 1. The molecule has 1 aliphatic heterocycles. The van der Waals surface area contributed by atoms with E-state index in [-0.39, 0.29) is 16.0 Å². The first-order chi connectivity index (χ1) is 12.7. The third-order valence-corrected chi connectivity index (χ3v) is 5.17. The molecule has 0 saturated carbocycles. The summed E-state index contributed by atoms with van der Waals surface area (Å²) in [6, 6.07) is 6.30. The number of alkyl halides is 3. The van der Waals surface area contributed by atoms with Gasteiger partial charge in [0, 0.05) is 39.8 Å². The van der Waals surface area contributed by atoms with Gasteiger partial charge in [-0.2, -0.15) is 18.3 Å². The van der Waals surface area contributed by atoms with Gasteiger partial charge in [0.05, 0.1) is 4.47 Å². The maximum absolute atomic E-state index is 13.3. The summed E-state index contributed by atoms with van der Waals surface area (Å²) >= 11 is 2.87. The van der Waals surface area contributed by atoms with Gasteiger partial charge < -0.3 is 4.90 Å². The molecule has 1 aliphatic rings. The van der Waals surface area contributed by atoms with Crippen molar-refractivity contribution in [1.82, 2.24) is 19.6 Å². The van der Waals surface area contributed by atoms with Crippen molar-refractivity contribution in [1.29, 1.82) is 0 Å². The van der Waals surface area contributed by atoms with Crippen LogP contribution in [0.1, 0.15) is 21.7 Å². The molecule has 1 aromatic heterocycles. The highest BCUT2D eigenvalue weighted by molar-refractivity contribution is 9.10. The molecule has 0 atom stereocenters. The van der Waals surface area contributed by atoms with E-state index in [4.69, 9.17) is 0 Å². The Bertz CT molecular complexity index is 844. The maximum atomic E-state index is 13.3. The highest BCUT2D eigenvalue weighted by Crippen LogP contribution is 2.36. The Morgan fingerprint density at radius 2 is 1.89 bits per heavy atom. The van der Waals surface area contributed by atoms with Gasteiger partial charge in [0.2, 0.25) is 0 Å². The fourth-order valence-corrected chi connectivity index (χ4v) is 3.79. The smallest absolute Gasteiger partial charge is 0.335 e. The molecule has 0 bridgehead atoms. The van der Waals surface area contributed by atoms with Crippen molar-refractivity contribution in [3.63, 3.8) is 0 Å². The molecule has 0 radical (unpaired) electrons. The van der Waals surface area contributed by atoms with E-state index in [1.54, 1.807) is 6.07 Å². The van der Waals surface area contributed by atoms with E-state index in [0.29, 0.717) is 32.7 Å². The van der Waals surface area contributed by atoms with Gasteiger partial charge in [0.25, 0.3) is 5.91 Å². The molecule has 1 saturated heterocycles. The van der Waals surface area contributed by atoms with Crippen LogP contribution < -0.4 is 0 Å². The third-order valence-electron chi connectivity index (χ3n) is 4.42. The zero-order chi connectivity index (χ0) is 19.8. The second-order valence-corrected chi connectivity index (χ2v) is 7.12. The van der Waals surface area contributed by atoms with Crippen molar-refractivity contribution in [2.45, 2.75) is 12.7 Å². The Kier molecular flexibility index (Phi) is 5.57. The van der Waals surface area contributed by atoms with Crippen molar-refractivity contribution in [3.05, 3.63) is 51.5 Å². The predicted octanol–water partition coefficient (Wildman–Crippen LogP) is 3.30. The Hall–Kier alpha value is -1.94. The second-order valence-electron chi connectivity index (χ2n) is 6.33. The van der Waals surface area contributed by atoms with Crippen LogP contribution in [0.25, 0.3) is 0 Å². The first kappa shape index (κ1) is 19.8. The average Bonchev–Trinajstić information content (AvgIpc) is 2.90. The number of hydrogen-bond acceptors (Lipinski definition) is 3. The van der Waals surface area contributed by atoms with Crippen LogP contribution in [0.15, 0.2) is 28.7 Å². The highest BCUT2D eigenvalue weighted by atomic mass is 79.9. The molecule has 2 heterocycles. The molecule has 3 rings (SSSR count). The van der Waals surface area contributed by atoms with Gasteiger partial charge in [-0.05, 0) is 33.6 Å². The number of benzene rings is 1. The molecule has 27 heavy (non-hydrogen) atoms. The summed E-state index contributed by atoms with van der Waals surface area (Å²) in [6.07, 6.45) is -4.64. The second kappa shape index (κ2) is 7.59. The first-order valence-electron chi connectivity index (χ1n) is 8.22. The van der Waals surface area contributed by atoms with Gasteiger partial charge in [0.1, 0.15) is 11.5 Å². The van der Waals surface area contributed by atoms with E-state index >= 15 is 0 Å². The standard InChI is InChI=1S/C17H17BrF4N4O/c1-24-14(13(18)15(23-24)17(20,21)22)16(27)26-7-5-25(6-8-26)10-11-3-2-4-12(19)9-11/h2-4,9H,5-8,10H2,1H3. The number of aromatic nitrogens is 2. The molecule has 146 valence electrons. The van der Waals surface area contributed by atoms with E-state index < -0.39 is 17.8 Å². The first-order valence-corrected chi connectivity index (χ1v) is 9.02.